The van der Waals surface area contributed by atoms with E-state index in [1.54, 1.807) is 0 Å². The average Bonchev–Trinajstić information content (AvgIpc) is 2.33. The molecule has 0 aliphatic heterocycles. The fraction of sp³-hybridized carbons (Fsp3) is 0.200. The molecule has 17 heavy (non-hydrogen) atoms. The van der Waals surface area contributed by atoms with Gasteiger partial charge in [-0.25, -0.2) is 0 Å². The summed E-state index contributed by atoms with van der Waals surface area (Å²) in [6.07, 6.45) is -0.310. The summed E-state index contributed by atoms with van der Waals surface area (Å²) in [6.45, 7) is 2.04. The molecule has 0 aliphatic carbocycles. The minimum atomic E-state index is -0.805. The molecular formula is C15H16O2. The predicted molar refractivity (Wildman–Crippen MR) is 68.0 cm³/mol. The van der Waals surface area contributed by atoms with Crippen molar-refractivity contribution in [1.82, 2.24) is 0 Å². The summed E-state index contributed by atoms with van der Waals surface area (Å²) in [5, 5.41) is 9.80. The molecule has 0 saturated carbocycles. The van der Waals surface area contributed by atoms with E-state index in [1.165, 1.54) is 5.56 Å². The topological polar surface area (TPSA) is 29.5 Å². The smallest absolute Gasteiger partial charge is 0.201 e. The molecule has 0 fully saturated rings. The largest absolute Gasteiger partial charge is 0.465 e. The van der Waals surface area contributed by atoms with Gasteiger partial charge in [-0.15, -0.1) is 0 Å². The summed E-state index contributed by atoms with van der Waals surface area (Å²) in [5.74, 6) is 0.687. The van der Waals surface area contributed by atoms with E-state index in [0.717, 1.165) is 5.56 Å². The number of aliphatic hydroxyl groups excluding tert-OH is 1. The molecular weight excluding hydrogens is 212 g/mol. The number of aliphatic hydroxyl groups is 1. The molecule has 0 aliphatic rings. The summed E-state index contributed by atoms with van der Waals surface area (Å²) in [6, 6.07) is 17.4. The van der Waals surface area contributed by atoms with Crippen LogP contribution in [0.2, 0.25) is 0 Å². The van der Waals surface area contributed by atoms with Crippen molar-refractivity contribution in [1.29, 1.82) is 0 Å². The first kappa shape index (κ1) is 11.7. The minimum Gasteiger partial charge on any atom is -0.465 e. The Morgan fingerprint density at radius 3 is 2.29 bits per heavy atom. The zero-order chi connectivity index (χ0) is 12.1. The maximum absolute atomic E-state index is 9.80. The monoisotopic (exact) mass is 228 g/mol. The van der Waals surface area contributed by atoms with Crippen molar-refractivity contribution in [3.05, 3.63) is 65.7 Å². The fourth-order valence-electron chi connectivity index (χ4n) is 1.62. The van der Waals surface area contributed by atoms with Crippen LogP contribution >= 0.6 is 0 Å². The fourth-order valence-corrected chi connectivity index (χ4v) is 1.62. The first-order valence-electron chi connectivity index (χ1n) is 5.69. The second kappa shape index (κ2) is 5.51. The molecule has 0 aromatic heterocycles. The normalized spacial score (nSPS) is 12.1. The molecule has 2 nitrogen and oxygen atoms in total. The van der Waals surface area contributed by atoms with Crippen LogP contribution in [0.5, 0.6) is 5.75 Å². The predicted octanol–water partition coefficient (Wildman–Crippen LogP) is 2.93. The van der Waals surface area contributed by atoms with Crippen LogP contribution in [0.4, 0.5) is 0 Å². The van der Waals surface area contributed by atoms with Crippen LogP contribution in [0.15, 0.2) is 54.6 Å². The molecule has 2 aromatic rings. The highest BCUT2D eigenvalue weighted by atomic mass is 16.6. The van der Waals surface area contributed by atoms with Crippen LogP contribution in [0, 0.1) is 6.92 Å². The second-order valence-electron chi connectivity index (χ2n) is 4.08. The Hall–Kier alpha value is -1.80. The third kappa shape index (κ3) is 3.61. The zero-order valence-corrected chi connectivity index (χ0v) is 9.84. The number of ether oxygens (including phenoxy) is 1. The van der Waals surface area contributed by atoms with Gasteiger partial charge in [0, 0.05) is 6.42 Å². The van der Waals surface area contributed by atoms with E-state index in [0.29, 0.717) is 12.2 Å². The highest BCUT2D eigenvalue weighted by Crippen LogP contribution is 2.13. The molecule has 1 atom stereocenters. The standard InChI is InChI=1S/C15H16O2/c1-12-7-9-13(10-8-12)11-15(16)17-14-5-3-2-4-6-14/h2-10,15-16H,11H2,1H3. The van der Waals surface area contributed by atoms with Crippen molar-refractivity contribution in [2.75, 3.05) is 0 Å². The lowest BCUT2D eigenvalue weighted by Gasteiger charge is -2.13. The average molecular weight is 228 g/mol. The number of benzene rings is 2. The van der Waals surface area contributed by atoms with Crippen molar-refractivity contribution >= 4 is 0 Å². The molecule has 0 saturated heterocycles. The van der Waals surface area contributed by atoms with Gasteiger partial charge in [-0.3, -0.25) is 0 Å². The number of aryl methyl sites for hydroxylation is 1. The van der Waals surface area contributed by atoms with E-state index in [4.69, 9.17) is 4.74 Å². The third-order valence-electron chi connectivity index (χ3n) is 2.55. The van der Waals surface area contributed by atoms with E-state index in [1.807, 2.05) is 61.5 Å². The maximum Gasteiger partial charge on any atom is 0.201 e. The van der Waals surface area contributed by atoms with Gasteiger partial charge in [0.1, 0.15) is 5.75 Å². The summed E-state index contributed by atoms with van der Waals surface area (Å²) >= 11 is 0. The van der Waals surface area contributed by atoms with Crippen LogP contribution in [-0.2, 0) is 6.42 Å². The highest BCUT2D eigenvalue weighted by Gasteiger charge is 2.06. The Morgan fingerprint density at radius 2 is 1.65 bits per heavy atom. The van der Waals surface area contributed by atoms with Crippen LogP contribution in [0.3, 0.4) is 0 Å². The van der Waals surface area contributed by atoms with Gasteiger partial charge in [0.25, 0.3) is 0 Å². The molecule has 1 unspecified atom stereocenters. The molecule has 2 rings (SSSR count). The summed E-state index contributed by atoms with van der Waals surface area (Å²) in [7, 11) is 0. The Bertz CT molecular complexity index is 448. The van der Waals surface area contributed by atoms with Crippen LogP contribution < -0.4 is 4.74 Å². The lowest BCUT2D eigenvalue weighted by molar-refractivity contribution is -0.0158. The molecule has 0 amide bonds. The quantitative estimate of drug-likeness (QED) is 0.815. The van der Waals surface area contributed by atoms with E-state index in [2.05, 4.69) is 0 Å². The number of para-hydroxylation sites is 1. The maximum atomic E-state index is 9.80. The molecule has 2 heteroatoms. The summed E-state index contributed by atoms with van der Waals surface area (Å²) < 4.78 is 5.40. The minimum absolute atomic E-state index is 0.495. The molecule has 0 spiro atoms. The van der Waals surface area contributed by atoms with Gasteiger partial charge >= 0.3 is 0 Å². The number of rotatable bonds is 4. The van der Waals surface area contributed by atoms with Crippen LogP contribution in [0.25, 0.3) is 0 Å². The van der Waals surface area contributed by atoms with Crippen molar-refractivity contribution in [3.63, 3.8) is 0 Å². The van der Waals surface area contributed by atoms with Gasteiger partial charge in [-0.1, -0.05) is 48.0 Å². The van der Waals surface area contributed by atoms with E-state index >= 15 is 0 Å². The van der Waals surface area contributed by atoms with E-state index in [9.17, 15) is 5.11 Å². The molecule has 0 radical (unpaired) electrons. The Balaban J connectivity index is 1.93. The van der Waals surface area contributed by atoms with E-state index in [-0.39, 0.29) is 0 Å². The third-order valence-corrected chi connectivity index (χ3v) is 2.55. The zero-order valence-electron chi connectivity index (χ0n) is 9.84. The van der Waals surface area contributed by atoms with Gasteiger partial charge < -0.3 is 9.84 Å². The van der Waals surface area contributed by atoms with Crippen LogP contribution in [0.1, 0.15) is 11.1 Å². The SMILES string of the molecule is Cc1ccc(CC(O)Oc2ccccc2)cc1. The Labute approximate surface area is 101 Å². The lowest BCUT2D eigenvalue weighted by atomic mass is 10.1. The summed E-state index contributed by atoms with van der Waals surface area (Å²) in [5.41, 5.74) is 2.28. The first-order valence-corrected chi connectivity index (χ1v) is 5.69. The molecule has 0 bridgehead atoms. The second-order valence-corrected chi connectivity index (χ2v) is 4.08. The van der Waals surface area contributed by atoms with E-state index < -0.39 is 6.29 Å². The Kier molecular flexibility index (Phi) is 3.78. The first-order chi connectivity index (χ1) is 8.24. The van der Waals surface area contributed by atoms with Crippen LogP contribution in [-0.4, -0.2) is 11.4 Å². The molecule has 0 heterocycles. The lowest BCUT2D eigenvalue weighted by Crippen LogP contribution is -2.18. The van der Waals surface area contributed by atoms with Gasteiger partial charge in [-0.2, -0.15) is 0 Å². The molecule has 2 aromatic carbocycles. The number of hydrogen-bond donors (Lipinski definition) is 1. The van der Waals surface area contributed by atoms with Gasteiger partial charge in [-0.05, 0) is 24.6 Å². The molecule has 1 N–H and O–H groups in total. The van der Waals surface area contributed by atoms with Gasteiger partial charge in [0.2, 0.25) is 6.29 Å². The molecule has 88 valence electrons. The number of hydrogen-bond acceptors (Lipinski definition) is 2. The Morgan fingerprint density at radius 1 is 1.00 bits per heavy atom. The van der Waals surface area contributed by atoms with Gasteiger partial charge in [0.05, 0.1) is 0 Å². The van der Waals surface area contributed by atoms with Crippen molar-refractivity contribution < 1.29 is 9.84 Å². The van der Waals surface area contributed by atoms with Gasteiger partial charge in [0.15, 0.2) is 0 Å². The van der Waals surface area contributed by atoms with Crippen molar-refractivity contribution in [3.8, 4) is 5.75 Å². The van der Waals surface area contributed by atoms with Crippen molar-refractivity contribution in [2.24, 2.45) is 0 Å². The highest BCUT2D eigenvalue weighted by molar-refractivity contribution is 5.23. The van der Waals surface area contributed by atoms with Crippen molar-refractivity contribution in [2.45, 2.75) is 19.6 Å². The summed E-state index contributed by atoms with van der Waals surface area (Å²) in [4.78, 5) is 0.